The molecule has 5 heteroatoms. The van der Waals surface area contributed by atoms with E-state index in [0.717, 1.165) is 45.5 Å². The number of amides is 1. The van der Waals surface area contributed by atoms with Gasteiger partial charge in [-0.1, -0.05) is 24.3 Å². The minimum Gasteiger partial charge on any atom is -0.382 e. The predicted molar refractivity (Wildman–Crippen MR) is 112 cm³/mol. The minimum absolute atomic E-state index is 0.103. The summed E-state index contributed by atoms with van der Waals surface area (Å²) < 4.78 is 5.32. The quantitative estimate of drug-likeness (QED) is 0.658. The SMILES string of the molecule is CCOCCCNC(=O)C1CCCN(Cc2cccc(-c3cccs3)c2)C1. The molecule has 4 nitrogen and oxygen atoms in total. The van der Waals surface area contributed by atoms with E-state index >= 15 is 0 Å². The maximum Gasteiger partial charge on any atom is 0.224 e. The minimum atomic E-state index is 0.103. The van der Waals surface area contributed by atoms with Gasteiger partial charge in [-0.05, 0) is 61.4 Å². The first-order valence-corrected chi connectivity index (χ1v) is 10.8. The Morgan fingerprint density at radius 3 is 3.07 bits per heavy atom. The number of ether oxygens (including phenoxy) is 1. The highest BCUT2D eigenvalue weighted by atomic mass is 32.1. The van der Waals surface area contributed by atoms with Gasteiger partial charge in [0.05, 0.1) is 5.92 Å². The molecule has 0 bridgehead atoms. The van der Waals surface area contributed by atoms with Crippen LogP contribution in [0.1, 0.15) is 31.7 Å². The number of piperidine rings is 1. The van der Waals surface area contributed by atoms with E-state index in [1.807, 2.05) is 6.92 Å². The summed E-state index contributed by atoms with van der Waals surface area (Å²) in [6.07, 6.45) is 2.95. The van der Waals surface area contributed by atoms with E-state index in [2.05, 4.69) is 52.0 Å². The summed E-state index contributed by atoms with van der Waals surface area (Å²) in [5, 5.41) is 5.19. The van der Waals surface area contributed by atoms with Crippen molar-refractivity contribution in [2.45, 2.75) is 32.7 Å². The van der Waals surface area contributed by atoms with Crippen molar-refractivity contribution >= 4 is 17.2 Å². The van der Waals surface area contributed by atoms with Crippen molar-refractivity contribution in [2.24, 2.45) is 5.92 Å². The molecule has 1 atom stereocenters. The second-order valence-corrected chi connectivity index (χ2v) is 8.04. The zero-order chi connectivity index (χ0) is 18.9. The number of carbonyl (C=O) groups is 1. The van der Waals surface area contributed by atoms with Crippen LogP contribution in [-0.4, -0.2) is 43.7 Å². The second-order valence-electron chi connectivity index (χ2n) is 7.09. The maximum absolute atomic E-state index is 12.5. The molecule has 1 unspecified atom stereocenters. The maximum atomic E-state index is 12.5. The Bertz CT molecular complexity index is 702. The van der Waals surface area contributed by atoms with Crippen molar-refractivity contribution in [2.75, 3.05) is 32.8 Å². The van der Waals surface area contributed by atoms with E-state index in [0.29, 0.717) is 13.2 Å². The molecule has 0 radical (unpaired) electrons. The fourth-order valence-corrected chi connectivity index (χ4v) is 4.34. The first kappa shape index (κ1) is 20.1. The molecule has 1 aromatic heterocycles. The summed E-state index contributed by atoms with van der Waals surface area (Å²) in [5.41, 5.74) is 2.60. The van der Waals surface area contributed by atoms with Crippen molar-refractivity contribution in [3.8, 4) is 10.4 Å². The van der Waals surface area contributed by atoms with E-state index in [9.17, 15) is 4.79 Å². The van der Waals surface area contributed by atoms with E-state index in [-0.39, 0.29) is 11.8 Å². The molecule has 2 aromatic rings. The molecule has 1 N–H and O–H groups in total. The third-order valence-corrected chi connectivity index (χ3v) is 5.90. The second kappa shape index (κ2) is 10.6. The van der Waals surface area contributed by atoms with E-state index in [1.54, 1.807) is 11.3 Å². The molecule has 146 valence electrons. The summed E-state index contributed by atoms with van der Waals surface area (Å²) in [4.78, 5) is 16.2. The highest BCUT2D eigenvalue weighted by Crippen LogP contribution is 2.26. The molecule has 1 saturated heterocycles. The molecule has 0 spiro atoms. The third kappa shape index (κ3) is 6.16. The van der Waals surface area contributed by atoms with Crippen molar-refractivity contribution in [3.05, 3.63) is 47.3 Å². The van der Waals surface area contributed by atoms with Crippen LogP contribution in [0.15, 0.2) is 41.8 Å². The zero-order valence-corrected chi connectivity index (χ0v) is 17.0. The molecular formula is C22H30N2O2S. The lowest BCUT2D eigenvalue weighted by Crippen LogP contribution is -2.43. The first-order chi connectivity index (χ1) is 13.3. The molecule has 1 fully saturated rings. The zero-order valence-electron chi connectivity index (χ0n) is 16.2. The van der Waals surface area contributed by atoms with E-state index in [4.69, 9.17) is 4.74 Å². The average molecular weight is 387 g/mol. The highest BCUT2D eigenvalue weighted by molar-refractivity contribution is 7.13. The molecule has 27 heavy (non-hydrogen) atoms. The number of benzene rings is 1. The van der Waals surface area contributed by atoms with Crippen molar-refractivity contribution in [3.63, 3.8) is 0 Å². The van der Waals surface area contributed by atoms with Gasteiger partial charge in [-0.2, -0.15) is 0 Å². The molecule has 1 aromatic carbocycles. The standard InChI is InChI=1S/C22H30N2O2S/c1-2-26-13-6-11-23-22(25)20-9-4-12-24(17-20)16-18-7-3-8-19(15-18)21-10-5-14-27-21/h3,5,7-8,10,14-15,20H,2,4,6,9,11-13,16-17H2,1H3,(H,23,25). The molecule has 3 rings (SSSR count). The van der Waals surface area contributed by atoms with Gasteiger partial charge in [0.1, 0.15) is 0 Å². The Labute approximate surface area is 166 Å². The Hall–Kier alpha value is -1.69. The molecule has 0 aliphatic carbocycles. The average Bonchev–Trinajstić information content (AvgIpc) is 3.23. The van der Waals surface area contributed by atoms with Crippen LogP contribution in [0, 0.1) is 5.92 Å². The van der Waals surface area contributed by atoms with Crippen molar-refractivity contribution < 1.29 is 9.53 Å². The number of hydrogen-bond donors (Lipinski definition) is 1. The molecule has 2 heterocycles. The van der Waals surface area contributed by atoms with Crippen LogP contribution >= 0.6 is 11.3 Å². The summed E-state index contributed by atoms with van der Waals surface area (Å²) in [6, 6.07) is 13.0. The van der Waals surface area contributed by atoms with Crippen LogP contribution in [0.3, 0.4) is 0 Å². The number of hydrogen-bond acceptors (Lipinski definition) is 4. The lowest BCUT2D eigenvalue weighted by atomic mass is 9.96. The van der Waals surface area contributed by atoms with Crippen LogP contribution in [0.5, 0.6) is 0 Å². The predicted octanol–water partition coefficient (Wildman–Crippen LogP) is 4.17. The molecular weight excluding hydrogens is 356 g/mol. The number of carbonyl (C=O) groups excluding carboxylic acids is 1. The number of likely N-dealkylation sites (tertiary alicyclic amines) is 1. The summed E-state index contributed by atoms with van der Waals surface area (Å²) >= 11 is 1.77. The Balaban J connectivity index is 1.50. The summed E-state index contributed by atoms with van der Waals surface area (Å²) in [6.45, 7) is 6.97. The lowest BCUT2D eigenvalue weighted by molar-refractivity contribution is -0.126. The topological polar surface area (TPSA) is 41.6 Å². The van der Waals surface area contributed by atoms with E-state index in [1.165, 1.54) is 16.0 Å². The fourth-order valence-electron chi connectivity index (χ4n) is 3.61. The van der Waals surface area contributed by atoms with Crippen LogP contribution < -0.4 is 5.32 Å². The smallest absolute Gasteiger partial charge is 0.224 e. The Morgan fingerprint density at radius 2 is 2.26 bits per heavy atom. The highest BCUT2D eigenvalue weighted by Gasteiger charge is 2.25. The van der Waals surface area contributed by atoms with Gasteiger partial charge in [0.15, 0.2) is 0 Å². The van der Waals surface area contributed by atoms with Gasteiger partial charge in [0.2, 0.25) is 5.91 Å². The van der Waals surface area contributed by atoms with Crippen LogP contribution in [0.25, 0.3) is 10.4 Å². The van der Waals surface area contributed by atoms with Gasteiger partial charge in [-0.25, -0.2) is 0 Å². The van der Waals surface area contributed by atoms with Gasteiger partial charge in [-0.15, -0.1) is 11.3 Å². The van der Waals surface area contributed by atoms with Crippen LogP contribution in [-0.2, 0) is 16.1 Å². The van der Waals surface area contributed by atoms with E-state index < -0.39 is 0 Å². The lowest BCUT2D eigenvalue weighted by Gasteiger charge is -2.32. The number of thiophene rings is 1. The van der Waals surface area contributed by atoms with Crippen LogP contribution in [0.4, 0.5) is 0 Å². The Morgan fingerprint density at radius 1 is 1.33 bits per heavy atom. The number of nitrogens with one attached hydrogen (secondary N) is 1. The number of nitrogens with zero attached hydrogens (tertiary/aromatic N) is 1. The third-order valence-electron chi connectivity index (χ3n) is 4.98. The van der Waals surface area contributed by atoms with Gasteiger partial charge in [0, 0.05) is 37.7 Å². The van der Waals surface area contributed by atoms with Crippen LogP contribution in [0.2, 0.25) is 0 Å². The molecule has 1 amide bonds. The molecule has 1 aliphatic rings. The molecule has 1 aliphatic heterocycles. The monoisotopic (exact) mass is 386 g/mol. The fraction of sp³-hybridized carbons (Fsp3) is 0.500. The Kier molecular flexibility index (Phi) is 7.87. The summed E-state index contributed by atoms with van der Waals surface area (Å²) in [7, 11) is 0. The van der Waals surface area contributed by atoms with Gasteiger partial charge in [0.25, 0.3) is 0 Å². The van der Waals surface area contributed by atoms with Gasteiger partial charge in [-0.3, -0.25) is 9.69 Å². The first-order valence-electron chi connectivity index (χ1n) is 9.97. The van der Waals surface area contributed by atoms with Crippen molar-refractivity contribution in [1.29, 1.82) is 0 Å². The largest absolute Gasteiger partial charge is 0.382 e. The molecule has 0 saturated carbocycles. The number of rotatable bonds is 9. The van der Waals surface area contributed by atoms with Crippen molar-refractivity contribution in [1.82, 2.24) is 10.2 Å². The summed E-state index contributed by atoms with van der Waals surface area (Å²) in [5.74, 6) is 0.301. The van der Waals surface area contributed by atoms with Gasteiger partial charge < -0.3 is 10.1 Å². The normalized spacial score (nSPS) is 17.7. The van der Waals surface area contributed by atoms with Gasteiger partial charge >= 0.3 is 0 Å².